The quantitative estimate of drug-likeness (QED) is 0.369. The Morgan fingerprint density at radius 2 is 1.88 bits per heavy atom. The number of ether oxygens (including phenoxy) is 1. The van der Waals surface area contributed by atoms with Crippen LogP contribution in [0.3, 0.4) is 0 Å². The molecule has 0 unspecified atom stereocenters. The molecule has 0 atom stereocenters. The maximum absolute atomic E-state index is 11.3. The number of esters is 1. The molecule has 0 N–H and O–H groups in total. The molecule has 0 radical (unpaired) electrons. The van der Waals surface area contributed by atoms with Crippen LogP contribution in [0.4, 0.5) is 0 Å². The number of benzene rings is 1. The zero-order chi connectivity index (χ0) is 17.1. The summed E-state index contributed by atoms with van der Waals surface area (Å²) in [6.45, 7) is 4.62. The Balaban J connectivity index is 1.99. The molecule has 6 heteroatoms. The van der Waals surface area contributed by atoms with Gasteiger partial charge in [0.05, 0.1) is 5.70 Å². The topological polar surface area (TPSA) is 68.2 Å². The van der Waals surface area contributed by atoms with E-state index in [-0.39, 0.29) is 5.97 Å². The summed E-state index contributed by atoms with van der Waals surface area (Å²) in [6, 6.07) is 7.35. The molecule has 4 rings (SSSR count). The number of nitrogens with zero attached hydrogens (tertiary/aromatic N) is 2. The highest BCUT2D eigenvalue weighted by Gasteiger charge is 2.35. The van der Waals surface area contributed by atoms with E-state index in [0.29, 0.717) is 11.7 Å². The van der Waals surface area contributed by atoms with E-state index in [9.17, 15) is 9.59 Å². The van der Waals surface area contributed by atoms with Crippen LogP contribution < -0.4 is 4.74 Å². The minimum Gasteiger partial charge on any atom is -0.426 e. The molecule has 126 valence electrons. The highest BCUT2D eigenvalue weighted by molar-refractivity contribution is 6.06. The van der Waals surface area contributed by atoms with E-state index in [4.69, 9.17) is 9.57 Å². The SMILES string of the molecule is CC(=O)O/N=C1/C(=C/c2ccccc2OC(C)=O)N2CCC1CC2. The fourth-order valence-electron chi connectivity index (χ4n) is 3.16. The molecule has 3 aliphatic heterocycles. The van der Waals surface area contributed by atoms with Crippen molar-refractivity contribution in [1.29, 1.82) is 0 Å². The first-order valence-corrected chi connectivity index (χ1v) is 8.04. The lowest BCUT2D eigenvalue weighted by Crippen LogP contribution is -2.46. The number of rotatable bonds is 3. The number of oxime groups is 1. The lowest BCUT2D eigenvalue weighted by Gasteiger charge is -2.42. The van der Waals surface area contributed by atoms with Crippen molar-refractivity contribution >= 4 is 23.7 Å². The fourth-order valence-corrected chi connectivity index (χ4v) is 3.16. The van der Waals surface area contributed by atoms with Crippen molar-refractivity contribution in [2.45, 2.75) is 26.7 Å². The van der Waals surface area contributed by atoms with Gasteiger partial charge in [0.25, 0.3) is 0 Å². The Kier molecular flexibility index (Phi) is 4.64. The molecule has 24 heavy (non-hydrogen) atoms. The van der Waals surface area contributed by atoms with Gasteiger partial charge in [-0.05, 0) is 25.0 Å². The fraction of sp³-hybridized carbons (Fsp3) is 0.389. The second kappa shape index (κ2) is 6.86. The van der Waals surface area contributed by atoms with Crippen LogP contribution in [0.15, 0.2) is 35.1 Å². The third kappa shape index (κ3) is 3.48. The summed E-state index contributed by atoms with van der Waals surface area (Å²) in [5, 5.41) is 4.08. The minimum atomic E-state index is -0.432. The first kappa shape index (κ1) is 16.2. The molecule has 3 aliphatic rings. The summed E-state index contributed by atoms with van der Waals surface area (Å²) in [7, 11) is 0. The van der Waals surface area contributed by atoms with Crippen LogP contribution >= 0.6 is 0 Å². The summed E-state index contributed by atoms with van der Waals surface area (Å²) < 4.78 is 5.27. The Morgan fingerprint density at radius 1 is 1.17 bits per heavy atom. The van der Waals surface area contributed by atoms with Crippen LogP contribution in [0.25, 0.3) is 6.08 Å². The predicted molar refractivity (Wildman–Crippen MR) is 89.2 cm³/mol. The number of hydrogen-bond donors (Lipinski definition) is 0. The molecule has 0 aliphatic carbocycles. The average Bonchev–Trinajstić information content (AvgIpc) is 2.56. The summed E-state index contributed by atoms with van der Waals surface area (Å²) in [4.78, 5) is 29.5. The van der Waals surface area contributed by atoms with Gasteiger partial charge >= 0.3 is 11.9 Å². The van der Waals surface area contributed by atoms with Gasteiger partial charge in [-0.2, -0.15) is 0 Å². The van der Waals surface area contributed by atoms with Crippen molar-refractivity contribution in [3.05, 3.63) is 35.5 Å². The lowest BCUT2D eigenvalue weighted by molar-refractivity contribution is -0.141. The average molecular weight is 328 g/mol. The van der Waals surface area contributed by atoms with Crippen molar-refractivity contribution in [3.8, 4) is 5.75 Å². The van der Waals surface area contributed by atoms with E-state index >= 15 is 0 Å². The van der Waals surface area contributed by atoms with Gasteiger partial charge < -0.3 is 14.5 Å². The largest absolute Gasteiger partial charge is 0.426 e. The molecule has 1 aromatic rings. The molecule has 3 saturated heterocycles. The number of piperidine rings is 3. The Bertz CT molecular complexity index is 715. The molecule has 0 saturated carbocycles. The number of carbonyl (C=O) groups excluding carboxylic acids is 2. The molecule has 2 bridgehead atoms. The van der Waals surface area contributed by atoms with Crippen LogP contribution in [0.5, 0.6) is 5.75 Å². The monoisotopic (exact) mass is 328 g/mol. The Morgan fingerprint density at radius 3 is 2.54 bits per heavy atom. The van der Waals surface area contributed by atoms with Crippen molar-refractivity contribution in [1.82, 2.24) is 4.90 Å². The van der Waals surface area contributed by atoms with Gasteiger partial charge in [0.2, 0.25) is 0 Å². The van der Waals surface area contributed by atoms with Gasteiger partial charge in [-0.1, -0.05) is 23.4 Å². The first-order chi connectivity index (χ1) is 11.5. The number of para-hydroxylation sites is 1. The van der Waals surface area contributed by atoms with Crippen molar-refractivity contribution < 1.29 is 19.2 Å². The van der Waals surface area contributed by atoms with E-state index in [1.54, 1.807) is 6.07 Å². The zero-order valence-corrected chi connectivity index (χ0v) is 13.8. The van der Waals surface area contributed by atoms with E-state index < -0.39 is 5.97 Å². The summed E-state index contributed by atoms with van der Waals surface area (Å²) >= 11 is 0. The van der Waals surface area contributed by atoms with Gasteiger partial charge in [-0.3, -0.25) is 4.79 Å². The zero-order valence-electron chi connectivity index (χ0n) is 13.8. The number of allylic oxidation sites excluding steroid dienone is 1. The van der Waals surface area contributed by atoms with Gasteiger partial charge in [0.15, 0.2) is 0 Å². The number of carbonyl (C=O) groups is 2. The van der Waals surface area contributed by atoms with Gasteiger partial charge in [0, 0.05) is 38.4 Å². The van der Waals surface area contributed by atoms with E-state index in [0.717, 1.165) is 42.9 Å². The molecule has 6 nitrogen and oxygen atoms in total. The highest BCUT2D eigenvalue weighted by atomic mass is 16.7. The van der Waals surface area contributed by atoms with Crippen LogP contribution in [0, 0.1) is 5.92 Å². The Hall–Kier alpha value is -2.63. The van der Waals surface area contributed by atoms with Crippen molar-refractivity contribution in [3.63, 3.8) is 0 Å². The second-order valence-electron chi connectivity index (χ2n) is 5.98. The van der Waals surface area contributed by atoms with E-state index in [1.165, 1.54) is 13.8 Å². The molecular weight excluding hydrogens is 308 g/mol. The molecule has 3 fully saturated rings. The molecular formula is C18H20N2O4. The predicted octanol–water partition coefficient (Wildman–Crippen LogP) is 2.60. The van der Waals surface area contributed by atoms with Crippen LogP contribution in [-0.4, -0.2) is 35.6 Å². The van der Waals surface area contributed by atoms with E-state index in [2.05, 4.69) is 10.1 Å². The minimum absolute atomic E-state index is 0.293. The van der Waals surface area contributed by atoms with Crippen LogP contribution in [0.1, 0.15) is 32.3 Å². The molecule has 0 spiro atoms. The number of fused-ring (bicyclic) bond motifs is 3. The van der Waals surface area contributed by atoms with Crippen molar-refractivity contribution in [2.24, 2.45) is 11.1 Å². The number of hydrogen-bond acceptors (Lipinski definition) is 6. The first-order valence-electron chi connectivity index (χ1n) is 8.04. The third-order valence-electron chi connectivity index (χ3n) is 4.22. The lowest BCUT2D eigenvalue weighted by atomic mass is 9.83. The molecule has 0 amide bonds. The van der Waals surface area contributed by atoms with Crippen LogP contribution in [0.2, 0.25) is 0 Å². The van der Waals surface area contributed by atoms with Gasteiger partial charge in [-0.15, -0.1) is 0 Å². The van der Waals surface area contributed by atoms with Crippen LogP contribution in [-0.2, 0) is 14.4 Å². The molecule has 0 aromatic heterocycles. The summed E-state index contributed by atoms with van der Waals surface area (Å²) in [5.41, 5.74) is 2.52. The van der Waals surface area contributed by atoms with E-state index in [1.807, 2.05) is 24.3 Å². The molecule has 1 aromatic carbocycles. The Labute approximate surface area is 140 Å². The normalized spacial score (nSPS) is 20.5. The second-order valence-corrected chi connectivity index (χ2v) is 5.98. The van der Waals surface area contributed by atoms with Gasteiger partial charge in [0.1, 0.15) is 11.5 Å². The molecule has 3 heterocycles. The van der Waals surface area contributed by atoms with Crippen molar-refractivity contribution in [2.75, 3.05) is 13.1 Å². The maximum atomic E-state index is 11.3. The third-order valence-corrected chi connectivity index (χ3v) is 4.22. The van der Waals surface area contributed by atoms with Gasteiger partial charge in [-0.25, -0.2) is 4.79 Å². The summed E-state index contributed by atoms with van der Waals surface area (Å²) in [5.74, 6) is 0.00667. The smallest absolute Gasteiger partial charge is 0.331 e. The highest BCUT2D eigenvalue weighted by Crippen LogP contribution is 2.34. The summed E-state index contributed by atoms with van der Waals surface area (Å²) in [6.07, 6.45) is 3.96. The maximum Gasteiger partial charge on any atom is 0.331 e. The standard InChI is InChI=1S/C18H20N2O4/c1-12(21)23-17-6-4-3-5-15(17)11-16-18(19-24-13(2)22)14-7-9-20(16)10-8-14/h3-6,11,14H,7-10H2,1-2H3/b16-11-,19-18+.